The van der Waals surface area contributed by atoms with E-state index in [9.17, 15) is 4.79 Å². The zero-order chi connectivity index (χ0) is 18.7. The van der Waals surface area contributed by atoms with Crippen LogP contribution in [0.15, 0.2) is 18.2 Å². The standard InChI is InChI=1S/C22H35N3O/c1-17-11-18(2)13-19(12-17)22(7-5-6-8-22)16-23-21(26)14-20-15-24(3)9-10-25(20)4/h11-13,20H,5-10,14-16H2,1-4H3,(H,23,26). The quantitative estimate of drug-likeness (QED) is 0.880. The zero-order valence-electron chi connectivity index (χ0n) is 17.0. The lowest BCUT2D eigenvalue weighted by molar-refractivity contribution is -0.123. The smallest absolute Gasteiger partial charge is 0.221 e. The lowest BCUT2D eigenvalue weighted by Gasteiger charge is -2.37. The molecule has 0 aromatic heterocycles. The Morgan fingerprint density at radius 3 is 2.42 bits per heavy atom. The number of benzene rings is 1. The number of amides is 1. The first kappa shape index (κ1) is 19.4. The highest BCUT2D eigenvalue weighted by atomic mass is 16.1. The highest BCUT2D eigenvalue weighted by molar-refractivity contribution is 5.76. The lowest BCUT2D eigenvalue weighted by Crippen LogP contribution is -2.52. The van der Waals surface area contributed by atoms with Crippen LogP contribution in [0.1, 0.15) is 48.8 Å². The molecular formula is C22H35N3O. The molecule has 0 bridgehead atoms. The highest BCUT2D eigenvalue weighted by Crippen LogP contribution is 2.41. The number of hydrogen-bond donors (Lipinski definition) is 1. The van der Waals surface area contributed by atoms with Gasteiger partial charge in [0.1, 0.15) is 0 Å². The van der Waals surface area contributed by atoms with E-state index < -0.39 is 0 Å². The molecule has 1 N–H and O–H groups in total. The second kappa shape index (κ2) is 8.10. The summed E-state index contributed by atoms with van der Waals surface area (Å²) in [5, 5.41) is 3.30. The molecule has 1 aliphatic carbocycles. The van der Waals surface area contributed by atoms with Crippen molar-refractivity contribution in [1.82, 2.24) is 15.1 Å². The van der Waals surface area contributed by atoms with Crippen LogP contribution in [0.3, 0.4) is 0 Å². The maximum Gasteiger partial charge on any atom is 0.221 e. The van der Waals surface area contributed by atoms with Crippen LogP contribution in [0.4, 0.5) is 0 Å². The first-order valence-electron chi connectivity index (χ1n) is 10.1. The highest BCUT2D eigenvalue weighted by Gasteiger charge is 2.36. The van der Waals surface area contributed by atoms with E-state index in [2.05, 4.69) is 61.3 Å². The van der Waals surface area contributed by atoms with Gasteiger partial charge in [0.05, 0.1) is 0 Å². The van der Waals surface area contributed by atoms with Gasteiger partial charge in [-0.05, 0) is 46.3 Å². The summed E-state index contributed by atoms with van der Waals surface area (Å²) in [6, 6.07) is 7.22. The topological polar surface area (TPSA) is 35.6 Å². The molecule has 1 unspecified atom stereocenters. The molecule has 144 valence electrons. The Labute approximate surface area is 158 Å². The normalized spacial score (nSPS) is 23.9. The molecule has 1 atom stereocenters. The van der Waals surface area contributed by atoms with Crippen LogP contribution >= 0.6 is 0 Å². The molecular weight excluding hydrogens is 322 g/mol. The van der Waals surface area contributed by atoms with E-state index in [1.165, 1.54) is 42.4 Å². The van der Waals surface area contributed by atoms with E-state index in [0.717, 1.165) is 26.2 Å². The number of hydrogen-bond acceptors (Lipinski definition) is 3. The van der Waals surface area contributed by atoms with Crippen molar-refractivity contribution >= 4 is 5.91 Å². The predicted octanol–water partition coefficient (Wildman–Crippen LogP) is 2.87. The fourth-order valence-electron chi connectivity index (χ4n) is 4.78. The number of carbonyl (C=O) groups is 1. The van der Waals surface area contributed by atoms with Gasteiger partial charge in [-0.25, -0.2) is 0 Å². The third-order valence-corrected chi connectivity index (χ3v) is 6.42. The summed E-state index contributed by atoms with van der Waals surface area (Å²) in [7, 11) is 4.28. The Kier molecular flexibility index (Phi) is 6.03. The van der Waals surface area contributed by atoms with Crippen LogP contribution in [-0.2, 0) is 10.2 Å². The molecule has 2 aliphatic rings. The molecule has 4 heteroatoms. The lowest BCUT2D eigenvalue weighted by atomic mass is 9.77. The minimum Gasteiger partial charge on any atom is -0.355 e. The molecule has 1 saturated heterocycles. The minimum atomic E-state index is 0.127. The second-order valence-corrected chi connectivity index (χ2v) is 8.74. The molecule has 4 nitrogen and oxygen atoms in total. The van der Waals surface area contributed by atoms with Gasteiger partial charge >= 0.3 is 0 Å². The van der Waals surface area contributed by atoms with E-state index in [1.54, 1.807) is 0 Å². The van der Waals surface area contributed by atoms with Crippen molar-refractivity contribution in [3.8, 4) is 0 Å². The molecule has 1 heterocycles. The number of piperazine rings is 1. The van der Waals surface area contributed by atoms with Crippen LogP contribution in [0.2, 0.25) is 0 Å². The van der Waals surface area contributed by atoms with Crippen molar-refractivity contribution in [2.75, 3.05) is 40.3 Å². The average Bonchev–Trinajstić information content (AvgIpc) is 3.06. The van der Waals surface area contributed by atoms with E-state index in [1.807, 2.05) is 0 Å². The summed E-state index contributed by atoms with van der Waals surface area (Å²) in [6.45, 7) is 8.23. The average molecular weight is 358 g/mol. The van der Waals surface area contributed by atoms with Gasteiger partial charge in [0.25, 0.3) is 0 Å². The molecule has 1 saturated carbocycles. The molecule has 1 amide bonds. The molecule has 0 spiro atoms. The van der Waals surface area contributed by atoms with Crippen molar-refractivity contribution < 1.29 is 4.79 Å². The molecule has 3 rings (SSSR count). The summed E-state index contributed by atoms with van der Waals surface area (Å²) in [5.41, 5.74) is 4.19. The zero-order valence-corrected chi connectivity index (χ0v) is 17.0. The van der Waals surface area contributed by atoms with Crippen molar-refractivity contribution in [3.63, 3.8) is 0 Å². The summed E-state index contributed by atoms with van der Waals surface area (Å²) >= 11 is 0. The largest absolute Gasteiger partial charge is 0.355 e. The van der Waals surface area contributed by atoms with E-state index in [4.69, 9.17) is 0 Å². The Hall–Kier alpha value is -1.39. The van der Waals surface area contributed by atoms with Gasteiger partial charge in [-0.15, -0.1) is 0 Å². The van der Waals surface area contributed by atoms with Crippen LogP contribution in [0.5, 0.6) is 0 Å². The fraction of sp³-hybridized carbons (Fsp3) is 0.682. The Morgan fingerprint density at radius 2 is 1.77 bits per heavy atom. The van der Waals surface area contributed by atoms with Gasteiger partial charge in [0.15, 0.2) is 0 Å². The second-order valence-electron chi connectivity index (χ2n) is 8.74. The molecule has 2 fully saturated rings. The van der Waals surface area contributed by atoms with Crippen molar-refractivity contribution in [3.05, 3.63) is 34.9 Å². The summed E-state index contributed by atoms with van der Waals surface area (Å²) in [5.74, 6) is 0.202. The van der Waals surface area contributed by atoms with Gasteiger partial charge in [0, 0.05) is 44.1 Å². The minimum absolute atomic E-state index is 0.127. The summed E-state index contributed by atoms with van der Waals surface area (Å²) in [4.78, 5) is 17.3. The van der Waals surface area contributed by atoms with Crippen molar-refractivity contribution in [2.45, 2.75) is 57.4 Å². The third kappa shape index (κ3) is 4.47. The van der Waals surface area contributed by atoms with Crippen molar-refractivity contribution in [2.24, 2.45) is 0 Å². The maximum atomic E-state index is 12.7. The van der Waals surface area contributed by atoms with Crippen LogP contribution in [0, 0.1) is 13.8 Å². The van der Waals surface area contributed by atoms with Gasteiger partial charge < -0.3 is 15.1 Å². The fourth-order valence-corrected chi connectivity index (χ4v) is 4.78. The molecule has 0 radical (unpaired) electrons. The number of likely N-dealkylation sites (N-methyl/N-ethyl adjacent to an activating group) is 2. The number of aryl methyl sites for hydroxylation is 2. The van der Waals surface area contributed by atoms with E-state index in [0.29, 0.717) is 12.5 Å². The summed E-state index contributed by atoms with van der Waals surface area (Å²) < 4.78 is 0. The third-order valence-electron chi connectivity index (χ3n) is 6.42. The van der Waals surface area contributed by atoms with Gasteiger partial charge in [-0.3, -0.25) is 4.79 Å². The van der Waals surface area contributed by atoms with Crippen LogP contribution in [0.25, 0.3) is 0 Å². The summed E-state index contributed by atoms with van der Waals surface area (Å²) in [6.07, 6.45) is 5.49. The van der Waals surface area contributed by atoms with Crippen molar-refractivity contribution in [1.29, 1.82) is 0 Å². The van der Waals surface area contributed by atoms with Crippen LogP contribution < -0.4 is 5.32 Å². The SMILES string of the molecule is Cc1cc(C)cc(C2(CNC(=O)CC3CN(C)CCN3C)CCCC2)c1. The van der Waals surface area contributed by atoms with Crippen LogP contribution in [-0.4, -0.2) is 62.0 Å². The van der Waals surface area contributed by atoms with E-state index >= 15 is 0 Å². The molecule has 1 aromatic rings. The molecule has 26 heavy (non-hydrogen) atoms. The Morgan fingerprint density at radius 1 is 1.12 bits per heavy atom. The number of nitrogens with zero attached hydrogens (tertiary/aromatic N) is 2. The maximum absolute atomic E-state index is 12.7. The Balaban J connectivity index is 1.64. The molecule has 1 aromatic carbocycles. The first-order chi connectivity index (χ1) is 12.4. The van der Waals surface area contributed by atoms with Gasteiger partial charge in [-0.2, -0.15) is 0 Å². The van der Waals surface area contributed by atoms with Gasteiger partial charge in [0.2, 0.25) is 5.91 Å². The first-order valence-corrected chi connectivity index (χ1v) is 10.1. The monoisotopic (exact) mass is 357 g/mol. The number of carbonyl (C=O) groups excluding carboxylic acids is 1. The van der Waals surface area contributed by atoms with Gasteiger partial charge in [-0.1, -0.05) is 42.2 Å². The number of rotatable bonds is 5. The predicted molar refractivity (Wildman–Crippen MR) is 108 cm³/mol. The molecule has 1 aliphatic heterocycles. The van der Waals surface area contributed by atoms with E-state index in [-0.39, 0.29) is 11.3 Å². The number of nitrogens with one attached hydrogen (secondary N) is 1. The Bertz CT molecular complexity index is 616.